The van der Waals surface area contributed by atoms with Crippen LogP contribution in [0.5, 0.6) is 5.75 Å². The van der Waals surface area contributed by atoms with Crippen molar-refractivity contribution < 1.29 is 9.13 Å². The number of rotatable bonds is 7. The highest BCUT2D eigenvalue weighted by molar-refractivity contribution is 8.00. The van der Waals surface area contributed by atoms with Gasteiger partial charge in [0.1, 0.15) is 18.2 Å². The number of hydrogen-bond acceptors (Lipinski definition) is 3. The first-order chi connectivity index (χ1) is 12.1. The molecule has 0 amide bonds. The van der Waals surface area contributed by atoms with E-state index >= 15 is 0 Å². The van der Waals surface area contributed by atoms with E-state index in [0.29, 0.717) is 28.9 Å². The Labute approximate surface area is 159 Å². The van der Waals surface area contributed by atoms with Crippen molar-refractivity contribution in [1.29, 1.82) is 0 Å². The molecule has 25 heavy (non-hydrogen) atoms. The van der Waals surface area contributed by atoms with Crippen molar-refractivity contribution in [3.8, 4) is 5.75 Å². The maximum atomic E-state index is 13.0. The molecular weight excluding hydrogens is 382 g/mol. The summed E-state index contributed by atoms with van der Waals surface area (Å²) in [6.45, 7) is 1.09. The van der Waals surface area contributed by atoms with E-state index in [0.717, 1.165) is 4.90 Å². The summed E-state index contributed by atoms with van der Waals surface area (Å²) in [5.41, 5.74) is 0. The van der Waals surface area contributed by atoms with E-state index < -0.39 is 0 Å². The zero-order valence-electron chi connectivity index (χ0n) is 13.1. The number of thioether (sulfide) groups is 1. The van der Waals surface area contributed by atoms with Crippen LogP contribution in [0.2, 0.25) is 10.0 Å². The van der Waals surface area contributed by atoms with E-state index in [2.05, 4.69) is 4.98 Å². The molecule has 0 saturated heterocycles. The van der Waals surface area contributed by atoms with Crippen LogP contribution >= 0.6 is 35.0 Å². The highest BCUT2D eigenvalue weighted by Gasteiger charge is 2.17. The molecule has 1 aromatic heterocycles. The Balaban J connectivity index is 1.73. The molecule has 2 aromatic carbocycles. The van der Waals surface area contributed by atoms with Crippen LogP contribution in [0.3, 0.4) is 0 Å². The third-order valence-electron chi connectivity index (χ3n) is 3.43. The van der Waals surface area contributed by atoms with Crippen molar-refractivity contribution in [3.63, 3.8) is 0 Å². The van der Waals surface area contributed by atoms with E-state index in [1.165, 1.54) is 12.1 Å². The van der Waals surface area contributed by atoms with Crippen LogP contribution < -0.4 is 4.74 Å². The number of hydrogen-bond donors (Lipinski definition) is 0. The molecule has 7 heteroatoms. The quantitative estimate of drug-likeness (QED) is 0.488. The third-order valence-corrected chi connectivity index (χ3v) is 5.57. The van der Waals surface area contributed by atoms with Gasteiger partial charge < -0.3 is 9.30 Å². The third kappa shape index (κ3) is 5.14. The van der Waals surface area contributed by atoms with Gasteiger partial charge in [0, 0.05) is 23.8 Å². The van der Waals surface area contributed by atoms with Crippen molar-refractivity contribution in [1.82, 2.24) is 9.55 Å². The highest BCUT2D eigenvalue weighted by Crippen LogP contribution is 2.37. The van der Waals surface area contributed by atoms with Gasteiger partial charge in [-0.25, -0.2) is 9.37 Å². The van der Waals surface area contributed by atoms with Gasteiger partial charge >= 0.3 is 0 Å². The molecular formula is C18H15Cl2FN2OS. The maximum Gasteiger partial charge on any atom is 0.123 e. The minimum Gasteiger partial charge on any atom is -0.492 e. The van der Waals surface area contributed by atoms with Crippen molar-refractivity contribution in [3.05, 3.63) is 77.0 Å². The summed E-state index contributed by atoms with van der Waals surface area (Å²) in [5.74, 6) is 0.322. The Morgan fingerprint density at radius 3 is 2.48 bits per heavy atom. The molecule has 1 heterocycles. The van der Waals surface area contributed by atoms with E-state index in [1.807, 2.05) is 29.0 Å². The largest absolute Gasteiger partial charge is 0.492 e. The standard InChI is InChI=1S/C18H15Cl2FN2OS/c19-16-2-1-3-17(20)18(16)25-15(10-23-9-8-22-12-23)11-24-14-6-4-13(21)5-7-14/h1-9,12,15H,10-11H2. The first kappa shape index (κ1) is 18.1. The summed E-state index contributed by atoms with van der Waals surface area (Å²) in [5, 5.41) is 1.25. The van der Waals surface area contributed by atoms with Crippen LogP contribution in [0.15, 0.2) is 66.1 Å². The van der Waals surface area contributed by atoms with E-state index in [9.17, 15) is 4.39 Å². The monoisotopic (exact) mass is 396 g/mol. The van der Waals surface area contributed by atoms with Gasteiger partial charge in [-0.1, -0.05) is 29.3 Å². The molecule has 1 atom stereocenters. The van der Waals surface area contributed by atoms with Gasteiger partial charge in [-0.15, -0.1) is 11.8 Å². The lowest BCUT2D eigenvalue weighted by atomic mass is 10.3. The number of ether oxygens (including phenoxy) is 1. The molecule has 0 aliphatic carbocycles. The van der Waals surface area contributed by atoms with Crippen LogP contribution in [0.4, 0.5) is 4.39 Å². The van der Waals surface area contributed by atoms with Crippen LogP contribution in [-0.4, -0.2) is 21.4 Å². The second kappa shape index (κ2) is 8.61. The number of aromatic nitrogens is 2. The van der Waals surface area contributed by atoms with Gasteiger partial charge in [-0.05, 0) is 36.4 Å². The molecule has 0 bridgehead atoms. The summed E-state index contributed by atoms with van der Waals surface area (Å²) < 4.78 is 20.8. The molecule has 1 unspecified atom stereocenters. The molecule has 0 spiro atoms. The summed E-state index contributed by atoms with van der Waals surface area (Å²) in [4.78, 5) is 4.88. The fourth-order valence-corrected chi connectivity index (χ4v) is 3.98. The summed E-state index contributed by atoms with van der Waals surface area (Å²) in [6.07, 6.45) is 5.37. The Hall–Kier alpha value is -1.69. The van der Waals surface area contributed by atoms with Gasteiger partial charge in [0.05, 0.1) is 21.6 Å². The van der Waals surface area contributed by atoms with Gasteiger partial charge in [0.15, 0.2) is 0 Å². The lowest BCUT2D eigenvalue weighted by Gasteiger charge is -2.19. The number of nitrogens with zero attached hydrogens (tertiary/aromatic N) is 2. The first-order valence-corrected chi connectivity index (χ1v) is 9.20. The van der Waals surface area contributed by atoms with Crippen molar-refractivity contribution in [2.45, 2.75) is 16.7 Å². The van der Waals surface area contributed by atoms with E-state index in [-0.39, 0.29) is 11.1 Å². The van der Waals surface area contributed by atoms with Crippen molar-refractivity contribution in [2.24, 2.45) is 0 Å². The fourth-order valence-electron chi connectivity index (χ4n) is 2.24. The zero-order chi connectivity index (χ0) is 17.6. The summed E-state index contributed by atoms with van der Waals surface area (Å²) in [6, 6.07) is 11.4. The second-order valence-corrected chi connectivity index (χ2v) is 7.44. The summed E-state index contributed by atoms with van der Waals surface area (Å²) in [7, 11) is 0. The van der Waals surface area contributed by atoms with Gasteiger partial charge in [0.25, 0.3) is 0 Å². The average molecular weight is 397 g/mol. The van der Waals surface area contributed by atoms with Crippen LogP contribution in [0.25, 0.3) is 0 Å². The molecule has 0 radical (unpaired) electrons. The molecule has 3 rings (SSSR count). The predicted octanol–water partition coefficient (Wildman–Crippen LogP) is 5.57. The molecule has 3 aromatic rings. The number of imidazole rings is 1. The normalized spacial score (nSPS) is 12.1. The fraction of sp³-hybridized carbons (Fsp3) is 0.167. The lowest BCUT2D eigenvalue weighted by Crippen LogP contribution is -2.20. The number of halogens is 3. The SMILES string of the molecule is Fc1ccc(OCC(Cn2ccnc2)Sc2c(Cl)cccc2Cl)cc1. The maximum absolute atomic E-state index is 13.0. The minimum atomic E-state index is -0.292. The molecule has 0 saturated carbocycles. The topological polar surface area (TPSA) is 27.1 Å². The van der Waals surface area contributed by atoms with E-state index in [1.54, 1.807) is 36.4 Å². The highest BCUT2D eigenvalue weighted by atomic mass is 35.5. The Bertz CT molecular complexity index is 792. The van der Waals surface area contributed by atoms with Gasteiger partial charge in [-0.2, -0.15) is 0 Å². The first-order valence-electron chi connectivity index (χ1n) is 7.56. The van der Waals surface area contributed by atoms with Crippen LogP contribution in [-0.2, 0) is 6.54 Å². The molecule has 0 aliphatic rings. The minimum absolute atomic E-state index is 0.0386. The van der Waals surface area contributed by atoms with Crippen LogP contribution in [0, 0.1) is 5.82 Å². The van der Waals surface area contributed by atoms with Crippen molar-refractivity contribution >= 4 is 35.0 Å². The molecule has 0 N–H and O–H groups in total. The second-order valence-electron chi connectivity index (χ2n) is 5.32. The lowest BCUT2D eigenvalue weighted by molar-refractivity contribution is 0.307. The van der Waals surface area contributed by atoms with Crippen molar-refractivity contribution in [2.75, 3.05) is 6.61 Å². The smallest absolute Gasteiger partial charge is 0.123 e. The Kier molecular flexibility index (Phi) is 6.24. The average Bonchev–Trinajstić information content (AvgIpc) is 3.10. The molecule has 0 fully saturated rings. The Morgan fingerprint density at radius 2 is 1.84 bits per heavy atom. The predicted molar refractivity (Wildman–Crippen MR) is 100 cm³/mol. The van der Waals surface area contributed by atoms with E-state index in [4.69, 9.17) is 27.9 Å². The van der Waals surface area contributed by atoms with Gasteiger partial charge in [-0.3, -0.25) is 0 Å². The molecule has 0 aliphatic heterocycles. The molecule has 3 nitrogen and oxygen atoms in total. The Morgan fingerprint density at radius 1 is 1.12 bits per heavy atom. The zero-order valence-corrected chi connectivity index (χ0v) is 15.4. The number of benzene rings is 2. The summed E-state index contributed by atoms with van der Waals surface area (Å²) >= 11 is 14.1. The van der Waals surface area contributed by atoms with Crippen LogP contribution in [0.1, 0.15) is 0 Å². The van der Waals surface area contributed by atoms with Gasteiger partial charge in [0.2, 0.25) is 0 Å². The molecule has 130 valence electrons.